The van der Waals surface area contributed by atoms with E-state index in [1.165, 1.54) is 4.52 Å². The molecule has 1 atom stereocenters. The third-order valence-corrected chi connectivity index (χ3v) is 6.49. The summed E-state index contributed by atoms with van der Waals surface area (Å²) < 4.78 is 30.0. The lowest BCUT2D eigenvalue weighted by molar-refractivity contribution is 0.0427. The number of pyridine rings is 2. The Labute approximate surface area is 254 Å². The van der Waals surface area contributed by atoms with Crippen molar-refractivity contribution in [2.45, 2.75) is 65.7 Å². The van der Waals surface area contributed by atoms with Crippen molar-refractivity contribution < 1.29 is 23.5 Å². The van der Waals surface area contributed by atoms with Crippen molar-refractivity contribution in [3.63, 3.8) is 0 Å². The van der Waals surface area contributed by atoms with E-state index >= 15 is 4.39 Å². The zero-order chi connectivity index (χ0) is 31.8. The number of aromatic nitrogens is 6. The average molecular weight is 600 g/mol. The highest BCUT2D eigenvalue weighted by Gasteiger charge is 2.35. The molecule has 5 rings (SSSR count). The minimum absolute atomic E-state index is 0.0662. The van der Waals surface area contributed by atoms with Gasteiger partial charge in [0.05, 0.1) is 12.2 Å². The van der Waals surface area contributed by atoms with Crippen LogP contribution in [0.25, 0.3) is 27.9 Å². The lowest BCUT2D eigenvalue weighted by Gasteiger charge is -2.26. The van der Waals surface area contributed by atoms with E-state index in [9.17, 15) is 9.59 Å². The van der Waals surface area contributed by atoms with E-state index in [1.807, 2.05) is 25.3 Å². The number of carbonyl (C=O) groups is 2. The molecular weight excluding hydrogens is 565 g/mol. The first-order valence-corrected chi connectivity index (χ1v) is 14.1. The predicted molar refractivity (Wildman–Crippen MR) is 163 cm³/mol. The minimum Gasteiger partial charge on any atom is -0.443 e. The summed E-state index contributed by atoms with van der Waals surface area (Å²) in [6, 6.07) is 12.2. The van der Waals surface area contributed by atoms with Crippen LogP contribution < -0.4 is 4.90 Å². The molecule has 0 aliphatic heterocycles. The zero-order valence-corrected chi connectivity index (χ0v) is 25.6. The summed E-state index contributed by atoms with van der Waals surface area (Å²) in [7, 11) is 0. The first-order valence-electron chi connectivity index (χ1n) is 14.1. The molecule has 0 radical (unpaired) electrons. The number of carbonyl (C=O) groups excluding carboxylic acids is 2. The van der Waals surface area contributed by atoms with E-state index in [0.29, 0.717) is 27.2 Å². The van der Waals surface area contributed by atoms with Crippen LogP contribution >= 0.6 is 0 Å². The number of hydrogen-bond acceptors (Lipinski definition) is 8. The van der Waals surface area contributed by atoms with Crippen molar-refractivity contribution in [2.75, 3.05) is 4.90 Å². The fourth-order valence-corrected chi connectivity index (χ4v) is 4.45. The van der Waals surface area contributed by atoms with Crippen LogP contribution in [0.2, 0.25) is 0 Å². The third-order valence-electron chi connectivity index (χ3n) is 6.49. The average Bonchev–Trinajstić information content (AvgIpc) is 3.58. The highest BCUT2D eigenvalue weighted by Crippen LogP contribution is 2.32. The van der Waals surface area contributed by atoms with Gasteiger partial charge in [-0.3, -0.25) is 9.67 Å². The Morgan fingerprint density at radius 3 is 2.14 bits per heavy atom. The van der Waals surface area contributed by atoms with E-state index in [0.717, 1.165) is 5.56 Å². The molecule has 0 saturated carbocycles. The van der Waals surface area contributed by atoms with Gasteiger partial charge in [-0.1, -0.05) is 18.2 Å². The third kappa shape index (κ3) is 6.59. The van der Waals surface area contributed by atoms with Crippen LogP contribution in [0.1, 0.15) is 60.1 Å². The highest BCUT2D eigenvalue weighted by atomic mass is 19.1. The number of hydrogen-bond donors (Lipinski definition) is 0. The van der Waals surface area contributed by atoms with E-state index in [4.69, 9.17) is 9.47 Å². The molecule has 0 bridgehead atoms. The molecule has 228 valence electrons. The van der Waals surface area contributed by atoms with Crippen LogP contribution in [0.5, 0.6) is 0 Å². The number of imide groups is 1. The van der Waals surface area contributed by atoms with Gasteiger partial charge in [0.25, 0.3) is 5.95 Å². The summed E-state index contributed by atoms with van der Waals surface area (Å²) in [4.78, 5) is 35.2. The second kappa shape index (κ2) is 11.5. The largest absolute Gasteiger partial charge is 0.443 e. The monoisotopic (exact) mass is 599 g/mol. The summed E-state index contributed by atoms with van der Waals surface area (Å²) >= 11 is 0. The molecule has 12 heteroatoms. The van der Waals surface area contributed by atoms with Crippen LogP contribution in [-0.2, 0) is 9.47 Å². The normalized spacial score (nSPS) is 12.6. The number of nitrogens with zero attached hydrogens (tertiary/aromatic N) is 7. The molecule has 0 N–H and O–H groups in total. The SMILES string of the molecule is CC(c1ccncc1)n1cc(-c2cccc(-c3ccn4nc(N(C(=O)OC(C)(C)C)C(=O)OC(C)(C)C)nc4c3)c2F)cn1. The summed E-state index contributed by atoms with van der Waals surface area (Å²) in [5.74, 6) is -0.674. The second-order valence-electron chi connectivity index (χ2n) is 12.3. The summed E-state index contributed by atoms with van der Waals surface area (Å²) in [5.41, 5.74) is 1.40. The lowest BCUT2D eigenvalue weighted by Crippen LogP contribution is -2.44. The molecule has 1 aromatic carbocycles. The maximum absolute atomic E-state index is 16.0. The molecule has 0 spiro atoms. The van der Waals surface area contributed by atoms with Gasteiger partial charge in [-0.15, -0.1) is 10.00 Å². The van der Waals surface area contributed by atoms with Crippen LogP contribution in [0, 0.1) is 5.82 Å². The molecule has 5 aromatic rings. The van der Waals surface area contributed by atoms with Crippen molar-refractivity contribution in [1.29, 1.82) is 0 Å². The number of amides is 2. The lowest BCUT2D eigenvalue weighted by atomic mass is 10.0. The van der Waals surface area contributed by atoms with E-state index < -0.39 is 29.2 Å². The van der Waals surface area contributed by atoms with Gasteiger partial charge >= 0.3 is 12.2 Å². The summed E-state index contributed by atoms with van der Waals surface area (Å²) in [6.07, 6.45) is 6.49. The first-order chi connectivity index (χ1) is 20.7. The molecule has 0 aliphatic carbocycles. The Balaban J connectivity index is 1.48. The maximum Gasteiger partial charge on any atom is 0.427 e. The van der Waals surface area contributed by atoms with Crippen LogP contribution in [-0.4, -0.2) is 52.8 Å². The van der Waals surface area contributed by atoms with Crippen molar-refractivity contribution in [3.05, 3.63) is 84.8 Å². The fraction of sp³-hybridized carbons (Fsp3) is 0.312. The Morgan fingerprint density at radius 2 is 1.52 bits per heavy atom. The molecule has 0 fully saturated rings. The molecule has 2 amide bonds. The van der Waals surface area contributed by atoms with E-state index in [-0.39, 0.29) is 17.6 Å². The van der Waals surface area contributed by atoms with Gasteiger partial charge in [0.1, 0.15) is 17.0 Å². The van der Waals surface area contributed by atoms with Gasteiger partial charge in [0.2, 0.25) is 0 Å². The van der Waals surface area contributed by atoms with E-state index in [2.05, 4.69) is 20.2 Å². The first kappa shape index (κ1) is 30.3. The summed E-state index contributed by atoms with van der Waals surface area (Å²) in [5, 5.41) is 8.78. The van der Waals surface area contributed by atoms with Crippen LogP contribution in [0.4, 0.5) is 19.9 Å². The van der Waals surface area contributed by atoms with Crippen molar-refractivity contribution in [2.24, 2.45) is 0 Å². The van der Waals surface area contributed by atoms with Gasteiger partial charge < -0.3 is 9.47 Å². The number of halogens is 1. The maximum atomic E-state index is 16.0. The van der Waals surface area contributed by atoms with Crippen LogP contribution in [0.15, 0.2) is 73.4 Å². The molecule has 4 heterocycles. The van der Waals surface area contributed by atoms with Crippen molar-refractivity contribution >= 4 is 23.8 Å². The Hall–Kier alpha value is -5.13. The molecule has 0 aliphatic rings. The Kier molecular flexibility index (Phi) is 7.94. The number of fused-ring (bicyclic) bond motifs is 1. The minimum atomic E-state index is -0.986. The molecular formula is C32H34FN7O4. The van der Waals surface area contributed by atoms with Gasteiger partial charge in [-0.05, 0) is 83.9 Å². The predicted octanol–water partition coefficient (Wildman–Crippen LogP) is 7.08. The van der Waals surface area contributed by atoms with E-state index in [1.54, 1.807) is 101 Å². The standard InChI is InChI=1S/C32H34FN7O4/c1-20(21-11-14-34-15-12-21)39-19-23(18-35-39)25-10-8-9-24(27(25)33)22-13-16-38-26(17-22)36-28(37-38)40(29(41)43-31(2,3)4)30(42)44-32(5,6)7/h8-20H,1-7H3. The van der Waals surface area contributed by atoms with Crippen molar-refractivity contribution in [3.8, 4) is 22.3 Å². The molecule has 44 heavy (non-hydrogen) atoms. The molecule has 4 aromatic heterocycles. The quantitative estimate of drug-likeness (QED) is 0.210. The molecule has 0 saturated heterocycles. The molecule has 11 nitrogen and oxygen atoms in total. The topological polar surface area (TPSA) is 117 Å². The highest BCUT2D eigenvalue weighted by molar-refractivity contribution is 6.08. The summed E-state index contributed by atoms with van der Waals surface area (Å²) in [6.45, 7) is 12.1. The Morgan fingerprint density at radius 1 is 0.909 bits per heavy atom. The van der Waals surface area contributed by atoms with Gasteiger partial charge in [-0.2, -0.15) is 10.1 Å². The van der Waals surface area contributed by atoms with Gasteiger partial charge in [-0.25, -0.2) is 18.5 Å². The zero-order valence-electron chi connectivity index (χ0n) is 25.6. The number of ether oxygens (including phenoxy) is 2. The number of anilines is 1. The second-order valence-corrected chi connectivity index (χ2v) is 12.3. The Bertz CT molecular complexity index is 1790. The van der Waals surface area contributed by atoms with Crippen LogP contribution in [0.3, 0.4) is 0 Å². The number of rotatable bonds is 5. The van der Waals surface area contributed by atoms with Gasteiger partial charge in [0.15, 0.2) is 5.65 Å². The van der Waals surface area contributed by atoms with Crippen molar-refractivity contribution in [1.82, 2.24) is 29.4 Å². The molecule has 1 unspecified atom stereocenters. The smallest absolute Gasteiger partial charge is 0.427 e. The number of benzene rings is 1. The van der Waals surface area contributed by atoms with Gasteiger partial charge in [0, 0.05) is 41.5 Å². The fourth-order valence-electron chi connectivity index (χ4n) is 4.45.